The summed E-state index contributed by atoms with van der Waals surface area (Å²) in [4.78, 5) is 26.1. The van der Waals surface area contributed by atoms with Crippen LogP contribution in [0.3, 0.4) is 0 Å². The van der Waals surface area contributed by atoms with E-state index >= 15 is 0 Å². The van der Waals surface area contributed by atoms with E-state index in [9.17, 15) is 9.90 Å². The maximum Gasteiger partial charge on any atom is 0.329 e. The summed E-state index contributed by atoms with van der Waals surface area (Å²) in [5, 5.41) is 9.61. The van der Waals surface area contributed by atoms with Crippen LogP contribution in [-0.4, -0.2) is 42.9 Å². The number of imidazole rings is 1. The van der Waals surface area contributed by atoms with Crippen LogP contribution in [-0.2, 0) is 7.05 Å². The lowest BCUT2D eigenvalue weighted by Crippen LogP contribution is -2.26. The van der Waals surface area contributed by atoms with Gasteiger partial charge in [0.25, 0.3) is 0 Å². The minimum atomic E-state index is -0.375. The van der Waals surface area contributed by atoms with Crippen LogP contribution in [0.1, 0.15) is 13.0 Å². The number of rotatable bonds is 4. The zero-order chi connectivity index (χ0) is 19.1. The highest BCUT2D eigenvalue weighted by Gasteiger charge is 2.19. The van der Waals surface area contributed by atoms with Crippen LogP contribution in [0.5, 0.6) is 5.88 Å². The fourth-order valence-electron chi connectivity index (χ4n) is 3.19. The zero-order valence-electron chi connectivity index (χ0n) is 15.2. The Hall–Kier alpha value is -3.26. The number of nitrogens with zero attached hydrogens (tertiary/aromatic N) is 5. The quantitative estimate of drug-likeness (QED) is 0.594. The minimum absolute atomic E-state index is 0.148. The van der Waals surface area contributed by atoms with Gasteiger partial charge in [-0.2, -0.15) is 0 Å². The highest BCUT2D eigenvalue weighted by Crippen LogP contribution is 2.27. The Balaban J connectivity index is 2.02. The van der Waals surface area contributed by atoms with Crippen molar-refractivity contribution in [2.75, 3.05) is 13.7 Å². The summed E-state index contributed by atoms with van der Waals surface area (Å²) in [5.74, 6) is 0.525. The predicted molar refractivity (Wildman–Crippen MR) is 102 cm³/mol. The lowest BCUT2D eigenvalue weighted by Gasteiger charge is -2.11. The Labute approximate surface area is 154 Å². The van der Waals surface area contributed by atoms with Gasteiger partial charge >= 0.3 is 5.69 Å². The molecule has 4 heterocycles. The number of aromatic nitrogens is 5. The lowest BCUT2D eigenvalue weighted by atomic mass is 10.1. The summed E-state index contributed by atoms with van der Waals surface area (Å²) in [6, 6.07) is 7.01. The highest BCUT2D eigenvalue weighted by molar-refractivity contribution is 6.00. The topological polar surface area (TPSA) is 95.1 Å². The molecule has 138 valence electrons. The second-order valence-corrected chi connectivity index (χ2v) is 6.39. The average molecular weight is 365 g/mol. The van der Waals surface area contributed by atoms with Gasteiger partial charge in [-0.25, -0.2) is 14.8 Å². The van der Waals surface area contributed by atoms with Crippen LogP contribution in [0, 0.1) is 0 Å². The number of ether oxygens (including phenoxy) is 1. The summed E-state index contributed by atoms with van der Waals surface area (Å²) in [5.41, 5.74) is 3.96. The van der Waals surface area contributed by atoms with Gasteiger partial charge in [-0.15, -0.1) is 0 Å². The maximum absolute atomic E-state index is 12.7. The van der Waals surface area contributed by atoms with Gasteiger partial charge in [0.1, 0.15) is 5.52 Å². The van der Waals surface area contributed by atoms with Gasteiger partial charge in [0, 0.05) is 24.9 Å². The largest absolute Gasteiger partial charge is 0.481 e. The van der Waals surface area contributed by atoms with Crippen molar-refractivity contribution in [1.29, 1.82) is 0 Å². The summed E-state index contributed by atoms with van der Waals surface area (Å²) in [6.45, 7) is 1.65. The Bertz CT molecular complexity index is 1190. The summed E-state index contributed by atoms with van der Waals surface area (Å²) < 4.78 is 8.19. The molecule has 0 aromatic carbocycles. The third-order valence-electron chi connectivity index (χ3n) is 4.71. The van der Waals surface area contributed by atoms with Crippen LogP contribution in [0.4, 0.5) is 0 Å². The SMILES string of the molecule is COc1ccc(-c2ccc3ncc4c(c3n2)n([C@H](C)CO)c(=O)n4C)cn1. The molecule has 4 rings (SSSR count). The van der Waals surface area contributed by atoms with Crippen molar-refractivity contribution in [2.24, 2.45) is 7.05 Å². The summed E-state index contributed by atoms with van der Waals surface area (Å²) >= 11 is 0. The Morgan fingerprint density at radius 2 is 2.00 bits per heavy atom. The molecule has 27 heavy (non-hydrogen) atoms. The monoisotopic (exact) mass is 365 g/mol. The molecule has 0 spiro atoms. The van der Waals surface area contributed by atoms with Gasteiger partial charge < -0.3 is 9.84 Å². The zero-order valence-corrected chi connectivity index (χ0v) is 15.2. The Kier molecular flexibility index (Phi) is 4.12. The number of aliphatic hydroxyl groups excluding tert-OH is 1. The fraction of sp³-hybridized carbons (Fsp3) is 0.263. The number of aryl methyl sites for hydroxylation is 1. The van der Waals surface area contributed by atoms with Gasteiger partial charge in [-0.05, 0) is 25.1 Å². The van der Waals surface area contributed by atoms with Crippen LogP contribution in [0.25, 0.3) is 33.3 Å². The minimum Gasteiger partial charge on any atom is -0.481 e. The van der Waals surface area contributed by atoms with Gasteiger partial charge in [0.05, 0.1) is 48.2 Å². The first-order chi connectivity index (χ1) is 13.0. The molecule has 4 aromatic heterocycles. The van der Waals surface area contributed by atoms with Gasteiger partial charge in [-0.3, -0.25) is 14.1 Å². The van der Waals surface area contributed by atoms with Crippen LogP contribution in [0.15, 0.2) is 41.5 Å². The fourth-order valence-corrected chi connectivity index (χ4v) is 3.19. The number of fused-ring (bicyclic) bond motifs is 3. The van der Waals surface area contributed by atoms with Crippen molar-refractivity contribution in [3.05, 3.63) is 47.1 Å². The van der Waals surface area contributed by atoms with Gasteiger partial charge in [-0.1, -0.05) is 0 Å². The number of hydrogen-bond donors (Lipinski definition) is 1. The summed E-state index contributed by atoms with van der Waals surface area (Å²) in [7, 11) is 3.26. The van der Waals surface area contributed by atoms with E-state index in [0.717, 1.165) is 5.56 Å². The van der Waals surface area contributed by atoms with Crippen molar-refractivity contribution in [3.63, 3.8) is 0 Å². The molecule has 0 aliphatic rings. The molecule has 1 atom stereocenters. The molecule has 1 N–H and O–H groups in total. The van der Waals surface area contributed by atoms with E-state index in [1.165, 1.54) is 4.57 Å². The number of hydrogen-bond acceptors (Lipinski definition) is 6. The molecule has 0 saturated heterocycles. The maximum atomic E-state index is 12.7. The summed E-state index contributed by atoms with van der Waals surface area (Å²) in [6.07, 6.45) is 3.35. The lowest BCUT2D eigenvalue weighted by molar-refractivity contribution is 0.238. The second kappa shape index (κ2) is 6.48. The molecule has 0 fully saturated rings. The van der Waals surface area contributed by atoms with E-state index in [2.05, 4.69) is 9.97 Å². The van der Waals surface area contributed by atoms with E-state index in [1.807, 2.05) is 18.2 Å². The predicted octanol–water partition coefficient (Wildman–Crippen LogP) is 1.91. The van der Waals surface area contributed by atoms with Crippen molar-refractivity contribution >= 4 is 22.1 Å². The molecule has 4 aromatic rings. The molecule has 0 radical (unpaired) electrons. The van der Waals surface area contributed by atoms with Gasteiger partial charge in [0.2, 0.25) is 5.88 Å². The number of aliphatic hydroxyl groups is 1. The first kappa shape index (κ1) is 17.2. The van der Waals surface area contributed by atoms with E-state index in [0.29, 0.717) is 33.6 Å². The number of methoxy groups -OCH3 is 1. The van der Waals surface area contributed by atoms with E-state index < -0.39 is 0 Å². The Morgan fingerprint density at radius 3 is 2.67 bits per heavy atom. The molecule has 0 unspecified atom stereocenters. The van der Waals surface area contributed by atoms with Crippen molar-refractivity contribution < 1.29 is 9.84 Å². The molecular weight excluding hydrogens is 346 g/mol. The van der Waals surface area contributed by atoms with Crippen LogP contribution >= 0.6 is 0 Å². The average Bonchev–Trinajstić information content (AvgIpc) is 2.98. The standard InChI is InChI=1S/C19H19N5O3/c1-11(10-25)24-18-15(23(2)19(24)26)9-20-14-6-5-13(22-17(14)18)12-4-7-16(27-3)21-8-12/h4-9,11,25H,10H2,1-3H3/t11-/m1/s1. The van der Waals surface area contributed by atoms with Crippen LogP contribution in [0.2, 0.25) is 0 Å². The molecule has 8 nitrogen and oxygen atoms in total. The van der Waals surface area contributed by atoms with Crippen molar-refractivity contribution in [1.82, 2.24) is 24.1 Å². The molecular formula is C19H19N5O3. The molecule has 0 aliphatic heterocycles. The Morgan fingerprint density at radius 1 is 1.19 bits per heavy atom. The smallest absolute Gasteiger partial charge is 0.329 e. The molecule has 0 bridgehead atoms. The van der Waals surface area contributed by atoms with Gasteiger partial charge in [0.15, 0.2) is 0 Å². The van der Waals surface area contributed by atoms with Crippen molar-refractivity contribution in [3.8, 4) is 17.1 Å². The molecule has 0 aliphatic carbocycles. The normalized spacial score (nSPS) is 12.6. The van der Waals surface area contributed by atoms with E-state index in [-0.39, 0.29) is 18.3 Å². The first-order valence-electron chi connectivity index (χ1n) is 8.53. The van der Waals surface area contributed by atoms with E-state index in [4.69, 9.17) is 9.72 Å². The second-order valence-electron chi connectivity index (χ2n) is 6.39. The molecule has 0 saturated carbocycles. The molecule has 8 heteroatoms. The third-order valence-corrected chi connectivity index (χ3v) is 4.71. The van der Waals surface area contributed by atoms with Crippen LogP contribution < -0.4 is 10.4 Å². The first-order valence-corrected chi connectivity index (χ1v) is 8.53. The highest BCUT2D eigenvalue weighted by atomic mass is 16.5. The molecule has 0 amide bonds. The van der Waals surface area contributed by atoms with E-state index in [1.54, 1.807) is 44.1 Å². The van der Waals surface area contributed by atoms with Crippen molar-refractivity contribution in [2.45, 2.75) is 13.0 Å². The number of pyridine rings is 3. The third kappa shape index (κ3) is 2.65.